The first-order valence-corrected chi connectivity index (χ1v) is 6.65. The maximum absolute atomic E-state index is 5.89. The number of rotatable bonds is 4. The van der Waals surface area contributed by atoms with Crippen LogP contribution in [0.2, 0.25) is 0 Å². The summed E-state index contributed by atoms with van der Waals surface area (Å²) < 4.78 is 11.7. The molecule has 0 saturated carbocycles. The third-order valence-electron chi connectivity index (χ3n) is 3.59. The van der Waals surface area contributed by atoms with Crippen molar-refractivity contribution in [3.05, 3.63) is 0 Å². The summed E-state index contributed by atoms with van der Waals surface area (Å²) in [5.74, 6) is 0. The van der Waals surface area contributed by atoms with Gasteiger partial charge in [0.25, 0.3) is 0 Å². The molecule has 0 aliphatic carbocycles. The second kappa shape index (κ2) is 5.48. The van der Waals surface area contributed by atoms with Crippen molar-refractivity contribution in [3.63, 3.8) is 0 Å². The third-order valence-corrected chi connectivity index (χ3v) is 3.59. The van der Waals surface area contributed by atoms with E-state index in [1.807, 2.05) is 0 Å². The van der Waals surface area contributed by atoms with Gasteiger partial charge in [0.15, 0.2) is 0 Å². The number of hydrogen-bond donors (Lipinski definition) is 1. The van der Waals surface area contributed by atoms with Crippen molar-refractivity contribution in [2.24, 2.45) is 0 Å². The van der Waals surface area contributed by atoms with Crippen LogP contribution in [-0.2, 0) is 9.47 Å². The van der Waals surface area contributed by atoms with Crippen LogP contribution in [0.25, 0.3) is 0 Å². The molecule has 2 rings (SSSR count). The van der Waals surface area contributed by atoms with E-state index in [0.29, 0.717) is 12.1 Å². The Morgan fingerprint density at radius 3 is 2.75 bits per heavy atom. The van der Waals surface area contributed by atoms with Gasteiger partial charge >= 0.3 is 0 Å². The highest BCUT2D eigenvalue weighted by Crippen LogP contribution is 2.29. The lowest BCUT2D eigenvalue weighted by Gasteiger charge is -2.24. The van der Waals surface area contributed by atoms with E-state index in [2.05, 4.69) is 19.2 Å². The summed E-state index contributed by atoms with van der Waals surface area (Å²) in [6.45, 7) is 7.09. The van der Waals surface area contributed by atoms with Crippen LogP contribution in [0.5, 0.6) is 0 Å². The highest BCUT2D eigenvalue weighted by Gasteiger charge is 2.31. The summed E-state index contributed by atoms with van der Waals surface area (Å²) in [5, 5.41) is 3.49. The maximum Gasteiger partial charge on any atom is 0.0816 e. The van der Waals surface area contributed by atoms with Crippen LogP contribution in [0, 0.1) is 0 Å². The van der Waals surface area contributed by atoms with E-state index in [-0.39, 0.29) is 5.60 Å². The Hall–Kier alpha value is -0.120. The Balaban J connectivity index is 1.58. The summed E-state index contributed by atoms with van der Waals surface area (Å²) in [4.78, 5) is 0. The van der Waals surface area contributed by atoms with Crippen LogP contribution in [0.15, 0.2) is 0 Å². The summed E-state index contributed by atoms with van der Waals surface area (Å²) in [5.41, 5.74) is 0.0666. The van der Waals surface area contributed by atoms with Gasteiger partial charge in [-0.1, -0.05) is 6.42 Å². The lowest BCUT2D eigenvalue weighted by Crippen LogP contribution is -2.38. The lowest BCUT2D eigenvalue weighted by molar-refractivity contribution is -0.0563. The quantitative estimate of drug-likeness (QED) is 0.798. The molecule has 0 bridgehead atoms. The topological polar surface area (TPSA) is 30.5 Å². The standard InChI is InChI=1S/C13H25NO2/c1-13(2)7-6-12(16-13)10-15-9-11-5-3-4-8-14-11/h11-12,14H,3-10H2,1-2H3. The SMILES string of the molecule is CC1(C)CCC(COCC2CCCCN2)O1. The van der Waals surface area contributed by atoms with E-state index >= 15 is 0 Å². The first-order chi connectivity index (χ1) is 7.66. The van der Waals surface area contributed by atoms with Crippen molar-refractivity contribution in [2.45, 2.75) is 63.7 Å². The molecule has 2 fully saturated rings. The molecule has 0 aromatic carbocycles. The smallest absolute Gasteiger partial charge is 0.0816 e. The predicted octanol–water partition coefficient (Wildman–Crippen LogP) is 2.10. The van der Waals surface area contributed by atoms with Gasteiger partial charge in [-0.3, -0.25) is 0 Å². The van der Waals surface area contributed by atoms with Gasteiger partial charge in [-0.05, 0) is 46.1 Å². The van der Waals surface area contributed by atoms with Crippen LogP contribution in [0.3, 0.4) is 0 Å². The average molecular weight is 227 g/mol. The monoisotopic (exact) mass is 227 g/mol. The molecule has 3 nitrogen and oxygen atoms in total. The highest BCUT2D eigenvalue weighted by atomic mass is 16.5. The molecule has 3 heteroatoms. The first-order valence-electron chi connectivity index (χ1n) is 6.65. The molecule has 2 atom stereocenters. The molecule has 2 aliphatic rings. The Bertz CT molecular complexity index is 212. The number of nitrogens with one attached hydrogen (secondary N) is 1. The molecule has 2 saturated heterocycles. The van der Waals surface area contributed by atoms with Crippen LogP contribution in [0.4, 0.5) is 0 Å². The highest BCUT2D eigenvalue weighted by molar-refractivity contribution is 4.80. The number of hydrogen-bond acceptors (Lipinski definition) is 3. The third kappa shape index (κ3) is 3.72. The summed E-state index contributed by atoms with van der Waals surface area (Å²) in [6.07, 6.45) is 6.54. The van der Waals surface area contributed by atoms with E-state index < -0.39 is 0 Å². The van der Waals surface area contributed by atoms with Crippen LogP contribution >= 0.6 is 0 Å². The molecule has 94 valence electrons. The van der Waals surface area contributed by atoms with E-state index in [9.17, 15) is 0 Å². The number of ether oxygens (including phenoxy) is 2. The average Bonchev–Trinajstić information content (AvgIpc) is 2.60. The largest absolute Gasteiger partial charge is 0.377 e. The Kier molecular flexibility index (Phi) is 4.22. The lowest BCUT2D eigenvalue weighted by atomic mass is 10.1. The van der Waals surface area contributed by atoms with Gasteiger partial charge in [0, 0.05) is 6.04 Å². The molecule has 16 heavy (non-hydrogen) atoms. The Morgan fingerprint density at radius 1 is 1.25 bits per heavy atom. The Morgan fingerprint density at radius 2 is 2.12 bits per heavy atom. The minimum Gasteiger partial charge on any atom is -0.377 e. The molecule has 2 unspecified atom stereocenters. The molecular formula is C13H25NO2. The summed E-state index contributed by atoms with van der Waals surface area (Å²) >= 11 is 0. The van der Waals surface area contributed by atoms with Crippen LogP contribution in [0.1, 0.15) is 46.0 Å². The van der Waals surface area contributed by atoms with Gasteiger partial charge < -0.3 is 14.8 Å². The van der Waals surface area contributed by atoms with Crippen molar-refractivity contribution < 1.29 is 9.47 Å². The molecule has 0 radical (unpaired) electrons. The Labute approximate surface area is 98.9 Å². The first kappa shape index (κ1) is 12.3. The van der Waals surface area contributed by atoms with Crippen LogP contribution < -0.4 is 5.32 Å². The van der Waals surface area contributed by atoms with Crippen molar-refractivity contribution in [3.8, 4) is 0 Å². The predicted molar refractivity (Wildman–Crippen MR) is 64.6 cm³/mol. The summed E-state index contributed by atoms with van der Waals surface area (Å²) in [7, 11) is 0. The van der Waals surface area contributed by atoms with Gasteiger partial charge in [0.1, 0.15) is 0 Å². The fourth-order valence-corrected chi connectivity index (χ4v) is 2.60. The van der Waals surface area contributed by atoms with Crippen LogP contribution in [-0.4, -0.2) is 37.5 Å². The zero-order valence-corrected chi connectivity index (χ0v) is 10.6. The van der Waals surface area contributed by atoms with Gasteiger partial charge in [0.05, 0.1) is 24.9 Å². The fraction of sp³-hybridized carbons (Fsp3) is 1.00. The number of piperidine rings is 1. The zero-order valence-electron chi connectivity index (χ0n) is 10.6. The van der Waals surface area contributed by atoms with Crippen molar-refractivity contribution in [1.82, 2.24) is 5.32 Å². The molecule has 2 heterocycles. The van der Waals surface area contributed by atoms with E-state index in [1.54, 1.807) is 0 Å². The fourth-order valence-electron chi connectivity index (χ4n) is 2.60. The molecule has 0 spiro atoms. The minimum atomic E-state index is 0.0666. The maximum atomic E-state index is 5.89. The summed E-state index contributed by atoms with van der Waals surface area (Å²) in [6, 6.07) is 0.572. The van der Waals surface area contributed by atoms with E-state index in [4.69, 9.17) is 9.47 Å². The molecule has 2 aliphatic heterocycles. The van der Waals surface area contributed by atoms with Gasteiger partial charge in [0.2, 0.25) is 0 Å². The molecule has 1 N–H and O–H groups in total. The normalized spacial score (nSPS) is 34.1. The molecule has 0 aromatic rings. The van der Waals surface area contributed by atoms with Crippen molar-refractivity contribution in [1.29, 1.82) is 0 Å². The molecule has 0 aromatic heterocycles. The second-order valence-corrected chi connectivity index (χ2v) is 5.72. The second-order valence-electron chi connectivity index (χ2n) is 5.72. The van der Waals surface area contributed by atoms with E-state index in [0.717, 1.165) is 32.6 Å². The van der Waals surface area contributed by atoms with Gasteiger partial charge in [-0.15, -0.1) is 0 Å². The van der Waals surface area contributed by atoms with Gasteiger partial charge in [-0.2, -0.15) is 0 Å². The minimum absolute atomic E-state index is 0.0666. The van der Waals surface area contributed by atoms with Crippen molar-refractivity contribution in [2.75, 3.05) is 19.8 Å². The van der Waals surface area contributed by atoms with E-state index in [1.165, 1.54) is 19.3 Å². The molecule has 0 amide bonds. The molecular weight excluding hydrogens is 202 g/mol. The van der Waals surface area contributed by atoms with Crippen molar-refractivity contribution >= 4 is 0 Å². The van der Waals surface area contributed by atoms with Gasteiger partial charge in [-0.25, -0.2) is 0 Å². The zero-order chi connectivity index (χ0) is 11.4.